The Hall–Kier alpha value is -1.13. The summed E-state index contributed by atoms with van der Waals surface area (Å²) in [5.41, 5.74) is 2.66. The third kappa shape index (κ3) is 5.29. The van der Waals surface area contributed by atoms with Gasteiger partial charge in [0.25, 0.3) is 0 Å². The van der Waals surface area contributed by atoms with Crippen molar-refractivity contribution < 1.29 is 0 Å². The number of rotatable bonds is 7. The van der Waals surface area contributed by atoms with Crippen molar-refractivity contribution in [1.29, 1.82) is 0 Å². The molecular weight excluding hydrogens is 326 g/mol. The number of hydrogen-bond acceptors (Lipinski definition) is 2. The normalized spacial score (nSPS) is 12.8. The van der Waals surface area contributed by atoms with Gasteiger partial charge in [0, 0.05) is 12.7 Å². The maximum atomic E-state index is 4.29. The largest absolute Gasteiger partial charge is 0.316 e. The second-order valence-electron chi connectivity index (χ2n) is 6.05. The topological polar surface area (TPSA) is 29.9 Å². The highest BCUT2D eigenvalue weighted by molar-refractivity contribution is 9.10. The first-order valence-corrected chi connectivity index (χ1v) is 8.31. The summed E-state index contributed by atoms with van der Waals surface area (Å²) < 4.78 is 2.95. The maximum absolute atomic E-state index is 4.29. The van der Waals surface area contributed by atoms with E-state index in [0.29, 0.717) is 11.8 Å². The number of hydrogen-bond donors (Lipinski definition) is 1. The fraction of sp³-hybridized carbons (Fsp3) is 0.471. The van der Waals surface area contributed by atoms with Crippen molar-refractivity contribution in [2.75, 3.05) is 13.1 Å². The number of nitrogens with zero attached hydrogens (tertiary/aromatic N) is 2. The average molecular weight is 350 g/mol. The van der Waals surface area contributed by atoms with E-state index in [1.54, 1.807) is 0 Å². The van der Waals surface area contributed by atoms with E-state index in [1.807, 2.05) is 17.1 Å². The Morgan fingerprint density at radius 1 is 1.14 bits per heavy atom. The molecule has 1 N–H and O–H groups in total. The molecule has 0 saturated carbocycles. The molecule has 1 unspecified atom stereocenters. The minimum absolute atomic E-state index is 0.539. The summed E-state index contributed by atoms with van der Waals surface area (Å²) in [4.78, 5) is 0. The summed E-state index contributed by atoms with van der Waals surface area (Å²) in [5.74, 6) is 1.24. The smallest absolute Gasteiger partial charge is 0.0659 e. The van der Waals surface area contributed by atoms with Gasteiger partial charge in [0.2, 0.25) is 0 Å². The van der Waals surface area contributed by atoms with Crippen LogP contribution < -0.4 is 5.32 Å². The van der Waals surface area contributed by atoms with Crippen LogP contribution in [0.2, 0.25) is 0 Å². The SMILES string of the molecule is CC(C)CNCC(C)c1ccc(Cn2cc(Br)cn2)cc1. The van der Waals surface area contributed by atoms with Crippen LogP contribution in [0.15, 0.2) is 41.1 Å². The third-order valence-electron chi connectivity index (χ3n) is 3.50. The predicted octanol–water partition coefficient (Wildman–Crippen LogP) is 4.04. The van der Waals surface area contributed by atoms with Gasteiger partial charge in [-0.2, -0.15) is 5.10 Å². The van der Waals surface area contributed by atoms with Crippen LogP contribution in [-0.4, -0.2) is 22.9 Å². The molecule has 0 spiro atoms. The molecule has 1 aromatic carbocycles. The summed E-state index contributed by atoms with van der Waals surface area (Å²) in [7, 11) is 0. The molecule has 0 fully saturated rings. The molecule has 0 aliphatic heterocycles. The van der Waals surface area contributed by atoms with Crippen LogP contribution in [0.4, 0.5) is 0 Å². The van der Waals surface area contributed by atoms with Gasteiger partial charge in [-0.05, 0) is 45.4 Å². The third-order valence-corrected chi connectivity index (χ3v) is 3.91. The predicted molar refractivity (Wildman–Crippen MR) is 91.6 cm³/mol. The zero-order chi connectivity index (χ0) is 15.2. The van der Waals surface area contributed by atoms with E-state index in [1.165, 1.54) is 11.1 Å². The summed E-state index contributed by atoms with van der Waals surface area (Å²) in [6.07, 6.45) is 3.81. The van der Waals surface area contributed by atoms with Crippen LogP contribution in [0, 0.1) is 5.92 Å². The number of aromatic nitrogens is 2. The second-order valence-corrected chi connectivity index (χ2v) is 6.97. The summed E-state index contributed by atoms with van der Waals surface area (Å²) in [6, 6.07) is 8.86. The highest BCUT2D eigenvalue weighted by Crippen LogP contribution is 2.16. The lowest BCUT2D eigenvalue weighted by Crippen LogP contribution is -2.24. The van der Waals surface area contributed by atoms with E-state index in [4.69, 9.17) is 0 Å². The summed E-state index contributed by atoms with van der Waals surface area (Å²) in [6.45, 7) is 9.67. The van der Waals surface area contributed by atoms with E-state index in [2.05, 4.69) is 71.4 Å². The van der Waals surface area contributed by atoms with Crippen LogP contribution in [0.3, 0.4) is 0 Å². The van der Waals surface area contributed by atoms with Gasteiger partial charge in [-0.1, -0.05) is 45.0 Å². The quantitative estimate of drug-likeness (QED) is 0.817. The Balaban J connectivity index is 1.89. The van der Waals surface area contributed by atoms with Crippen LogP contribution in [0.1, 0.15) is 37.8 Å². The zero-order valence-electron chi connectivity index (χ0n) is 13.0. The lowest BCUT2D eigenvalue weighted by atomic mass is 9.99. The van der Waals surface area contributed by atoms with Gasteiger partial charge in [-0.15, -0.1) is 0 Å². The molecule has 1 atom stereocenters. The van der Waals surface area contributed by atoms with E-state index in [-0.39, 0.29) is 0 Å². The number of nitrogens with one attached hydrogen (secondary N) is 1. The molecule has 0 saturated heterocycles. The van der Waals surface area contributed by atoms with Gasteiger partial charge in [0.05, 0.1) is 17.2 Å². The van der Waals surface area contributed by atoms with Crippen molar-refractivity contribution in [3.63, 3.8) is 0 Å². The van der Waals surface area contributed by atoms with Gasteiger partial charge < -0.3 is 5.32 Å². The molecule has 0 aliphatic carbocycles. The molecule has 0 amide bonds. The zero-order valence-corrected chi connectivity index (χ0v) is 14.6. The van der Waals surface area contributed by atoms with Gasteiger partial charge in [0.1, 0.15) is 0 Å². The van der Waals surface area contributed by atoms with Crippen molar-refractivity contribution in [3.05, 3.63) is 52.3 Å². The molecular formula is C17H24BrN3. The first-order chi connectivity index (χ1) is 10.0. The number of benzene rings is 1. The molecule has 21 heavy (non-hydrogen) atoms. The van der Waals surface area contributed by atoms with Crippen molar-refractivity contribution in [3.8, 4) is 0 Å². The van der Waals surface area contributed by atoms with Crippen LogP contribution >= 0.6 is 15.9 Å². The van der Waals surface area contributed by atoms with Crippen molar-refractivity contribution in [1.82, 2.24) is 15.1 Å². The maximum Gasteiger partial charge on any atom is 0.0659 e. The Morgan fingerprint density at radius 2 is 1.86 bits per heavy atom. The van der Waals surface area contributed by atoms with Gasteiger partial charge in [-0.25, -0.2) is 0 Å². The molecule has 1 heterocycles. The monoisotopic (exact) mass is 349 g/mol. The van der Waals surface area contributed by atoms with Crippen molar-refractivity contribution in [2.24, 2.45) is 5.92 Å². The molecule has 3 nitrogen and oxygen atoms in total. The molecule has 1 aromatic heterocycles. The van der Waals surface area contributed by atoms with Gasteiger partial charge in [0.15, 0.2) is 0 Å². The Labute approximate surface area is 135 Å². The van der Waals surface area contributed by atoms with Crippen LogP contribution in [0.25, 0.3) is 0 Å². The van der Waals surface area contributed by atoms with E-state index < -0.39 is 0 Å². The molecule has 0 bridgehead atoms. The van der Waals surface area contributed by atoms with E-state index in [0.717, 1.165) is 24.1 Å². The summed E-state index contributed by atoms with van der Waals surface area (Å²) >= 11 is 3.42. The second kappa shape index (κ2) is 7.76. The molecule has 2 aromatic rings. The van der Waals surface area contributed by atoms with Crippen molar-refractivity contribution >= 4 is 15.9 Å². The van der Waals surface area contributed by atoms with Gasteiger partial charge >= 0.3 is 0 Å². The minimum atomic E-state index is 0.539. The van der Waals surface area contributed by atoms with E-state index >= 15 is 0 Å². The average Bonchev–Trinajstić information content (AvgIpc) is 2.84. The highest BCUT2D eigenvalue weighted by Gasteiger charge is 2.06. The fourth-order valence-corrected chi connectivity index (χ4v) is 2.60. The van der Waals surface area contributed by atoms with Crippen LogP contribution in [-0.2, 0) is 6.54 Å². The molecule has 2 rings (SSSR count). The van der Waals surface area contributed by atoms with Crippen molar-refractivity contribution in [2.45, 2.75) is 33.2 Å². The fourth-order valence-electron chi connectivity index (χ4n) is 2.27. The lowest BCUT2D eigenvalue weighted by Gasteiger charge is -2.15. The summed E-state index contributed by atoms with van der Waals surface area (Å²) in [5, 5.41) is 7.81. The number of halogens is 1. The Bertz CT molecular complexity index is 545. The Morgan fingerprint density at radius 3 is 2.43 bits per heavy atom. The Kier molecular flexibility index (Phi) is 6.00. The van der Waals surface area contributed by atoms with Gasteiger partial charge in [-0.3, -0.25) is 4.68 Å². The first kappa shape index (κ1) is 16.2. The standard InChI is InChI=1S/C17H24BrN3/c1-13(2)8-19-9-14(3)16-6-4-15(5-7-16)11-21-12-17(18)10-20-21/h4-7,10,12-14,19H,8-9,11H2,1-3H3. The first-order valence-electron chi connectivity index (χ1n) is 7.52. The molecule has 114 valence electrons. The molecule has 4 heteroatoms. The molecule has 0 radical (unpaired) electrons. The van der Waals surface area contributed by atoms with Crippen LogP contribution in [0.5, 0.6) is 0 Å². The van der Waals surface area contributed by atoms with E-state index in [9.17, 15) is 0 Å². The minimum Gasteiger partial charge on any atom is -0.316 e. The lowest BCUT2D eigenvalue weighted by molar-refractivity contribution is 0.528. The molecule has 0 aliphatic rings. The highest BCUT2D eigenvalue weighted by atomic mass is 79.9.